The highest BCUT2D eigenvalue weighted by Crippen LogP contribution is 2.20. The van der Waals surface area contributed by atoms with Gasteiger partial charge in [0.2, 0.25) is 0 Å². The lowest BCUT2D eigenvalue weighted by atomic mass is 10.1. The van der Waals surface area contributed by atoms with E-state index in [1.165, 1.54) is 5.32 Å². The fourth-order valence-electron chi connectivity index (χ4n) is 2.82. The number of rotatable bonds is 7. The Kier molecular flexibility index (Phi) is 8.36. The standard InChI is InChI=1S/C19H25F3N6O2/c20-19(21,22)16(24)15(12-27-14-4-2-1-3-5-14)17(29)25-8-9-26-18(30)28-10-6-13(23)7-11-28/h1-5,12-13,24,27H,6-11,23H2,(H,25,29)(H,26,30)/p+1/b15-12+,24-16?. The second-order valence-electron chi connectivity index (χ2n) is 6.84. The van der Waals surface area contributed by atoms with Gasteiger partial charge < -0.3 is 21.3 Å². The van der Waals surface area contributed by atoms with Crippen molar-refractivity contribution >= 4 is 23.3 Å². The van der Waals surface area contributed by atoms with Crippen LogP contribution < -0.4 is 21.7 Å². The summed E-state index contributed by atoms with van der Waals surface area (Å²) >= 11 is 0. The molecule has 0 spiro atoms. The van der Waals surface area contributed by atoms with Gasteiger partial charge in [-0.15, -0.1) is 0 Å². The number of nitrogens with zero attached hydrogens (tertiary/aromatic N) is 1. The van der Waals surface area contributed by atoms with Gasteiger partial charge in [0.05, 0.1) is 0 Å². The molecule has 2 rings (SSSR count). The van der Waals surface area contributed by atoms with Crippen molar-refractivity contribution in [1.82, 2.24) is 15.5 Å². The van der Waals surface area contributed by atoms with E-state index >= 15 is 0 Å². The number of halogens is 3. The summed E-state index contributed by atoms with van der Waals surface area (Å²) in [7, 11) is 0. The summed E-state index contributed by atoms with van der Waals surface area (Å²) in [6, 6.07) is 8.24. The van der Waals surface area contributed by atoms with Crippen LogP contribution in [0, 0.1) is 5.41 Å². The Bertz CT molecular complexity index is 774. The zero-order chi connectivity index (χ0) is 22.1. The maximum atomic E-state index is 13.0. The van der Waals surface area contributed by atoms with Crippen LogP contribution in [0.3, 0.4) is 0 Å². The average Bonchev–Trinajstić information content (AvgIpc) is 2.71. The molecule has 1 aromatic rings. The number of likely N-dealkylation sites (tertiary alicyclic amines) is 1. The largest absolute Gasteiger partial charge is 0.433 e. The molecule has 11 heteroatoms. The van der Waals surface area contributed by atoms with E-state index in [0.717, 1.165) is 6.20 Å². The van der Waals surface area contributed by atoms with Gasteiger partial charge in [-0.1, -0.05) is 18.2 Å². The highest BCUT2D eigenvalue weighted by atomic mass is 19.4. The normalized spacial score (nSPS) is 15.6. The third-order valence-corrected chi connectivity index (χ3v) is 4.55. The number of alkyl halides is 3. The zero-order valence-electron chi connectivity index (χ0n) is 16.3. The molecule has 0 saturated carbocycles. The van der Waals surface area contributed by atoms with Crippen LogP contribution in [0.4, 0.5) is 23.7 Å². The molecule has 1 saturated heterocycles. The predicted octanol–water partition coefficient (Wildman–Crippen LogP) is 0.596. The number of hydrogen-bond donors (Lipinski definition) is 5. The van der Waals surface area contributed by atoms with Crippen LogP contribution in [0.25, 0.3) is 0 Å². The van der Waals surface area contributed by atoms with Gasteiger partial charge in [0, 0.05) is 32.2 Å². The van der Waals surface area contributed by atoms with Gasteiger partial charge in [-0.2, -0.15) is 13.2 Å². The van der Waals surface area contributed by atoms with Crippen molar-refractivity contribution in [2.24, 2.45) is 5.73 Å². The van der Waals surface area contributed by atoms with Crippen molar-refractivity contribution in [3.05, 3.63) is 42.1 Å². The number of quaternary nitrogens is 1. The van der Waals surface area contributed by atoms with Crippen molar-refractivity contribution in [2.75, 3.05) is 26.2 Å². The molecule has 30 heavy (non-hydrogen) atoms. The maximum absolute atomic E-state index is 13.0. The Morgan fingerprint density at radius 1 is 1.17 bits per heavy atom. The molecule has 0 bridgehead atoms. The Hall–Kier alpha value is -2.92. The van der Waals surface area contributed by atoms with E-state index in [0.29, 0.717) is 31.6 Å². The summed E-state index contributed by atoms with van der Waals surface area (Å²) in [5.41, 5.74) is 3.84. The SMILES string of the molecule is N=C(/C(=C\[NH2+]c1ccccc1)C(=O)NCCNC(=O)N1CCC(N)CC1)C(F)(F)F. The van der Waals surface area contributed by atoms with Crippen molar-refractivity contribution in [3.8, 4) is 0 Å². The van der Waals surface area contributed by atoms with Gasteiger partial charge in [0.25, 0.3) is 5.91 Å². The minimum atomic E-state index is -4.96. The lowest BCUT2D eigenvalue weighted by Gasteiger charge is -2.30. The van der Waals surface area contributed by atoms with E-state index in [1.54, 1.807) is 35.2 Å². The maximum Gasteiger partial charge on any atom is 0.433 e. The molecular weight excluding hydrogens is 401 g/mol. The summed E-state index contributed by atoms with van der Waals surface area (Å²) in [4.78, 5) is 25.9. The summed E-state index contributed by atoms with van der Waals surface area (Å²) in [5.74, 6) is -1.04. The van der Waals surface area contributed by atoms with Crippen LogP contribution in [0.1, 0.15) is 12.8 Å². The molecule has 1 heterocycles. The molecule has 0 atom stereocenters. The first-order valence-electron chi connectivity index (χ1n) is 9.51. The van der Waals surface area contributed by atoms with E-state index in [4.69, 9.17) is 11.1 Å². The Morgan fingerprint density at radius 3 is 2.37 bits per heavy atom. The molecule has 0 aliphatic carbocycles. The number of carbonyl (C=O) groups excluding carboxylic acids is 2. The van der Waals surface area contributed by atoms with Crippen molar-refractivity contribution in [1.29, 1.82) is 5.41 Å². The molecular formula is C19H26F3N6O2+. The number of benzene rings is 1. The molecule has 1 aliphatic heterocycles. The van der Waals surface area contributed by atoms with E-state index in [9.17, 15) is 22.8 Å². The molecule has 3 amide bonds. The third kappa shape index (κ3) is 7.16. The van der Waals surface area contributed by atoms with Crippen molar-refractivity contribution in [3.63, 3.8) is 0 Å². The summed E-state index contributed by atoms with van der Waals surface area (Å²) in [6.07, 6.45) is -2.58. The second kappa shape index (κ2) is 10.7. The Labute approximate surface area is 172 Å². The summed E-state index contributed by atoms with van der Waals surface area (Å²) in [5, 5.41) is 13.6. The number of nitrogens with two attached hydrogens (primary N) is 2. The Balaban J connectivity index is 1.89. The second-order valence-corrected chi connectivity index (χ2v) is 6.84. The number of carbonyl (C=O) groups is 2. The predicted molar refractivity (Wildman–Crippen MR) is 105 cm³/mol. The topological polar surface area (TPSA) is 128 Å². The highest BCUT2D eigenvalue weighted by molar-refractivity contribution is 6.22. The molecule has 7 N–H and O–H groups in total. The van der Waals surface area contributed by atoms with Gasteiger partial charge in [-0.25, -0.2) is 4.79 Å². The van der Waals surface area contributed by atoms with Crippen LogP contribution in [0.15, 0.2) is 42.1 Å². The van der Waals surface area contributed by atoms with Crippen LogP contribution in [-0.2, 0) is 4.79 Å². The van der Waals surface area contributed by atoms with Gasteiger partial charge >= 0.3 is 12.2 Å². The summed E-state index contributed by atoms with van der Waals surface area (Å²) in [6.45, 7) is 1.03. The first-order chi connectivity index (χ1) is 14.2. The fraction of sp³-hybridized carbons (Fsp3) is 0.421. The first-order valence-corrected chi connectivity index (χ1v) is 9.51. The van der Waals surface area contributed by atoms with Gasteiger partial charge in [-0.3, -0.25) is 15.5 Å². The fourth-order valence-corrected chi connectivity index (χ4v) is 2.82. The molecule has 164 valence electrons. The highest BCUT2D eigenvalue weighted by Gasteiger charge is 2.39. The molecule has 0 radical (unpaired) electrons. The van der Waals surface area contributed by atoms with Crippen LogP contribution in [0.5, 0.6) is 0 Å². The molecule has 1 aromatic carbocycles. The molecule has 0 unspecified atom stereocenters. The van der Waals surface area contributed by atoms with E-state index in [-0.39, 0.29) is 25.2 Å². The average molecular weight is 427 g/mol. The van der Waals surface area contributed by atoms with Crippen LogP contribution in [0.2, 0.25) is 0 Å². The van der Waals surface area contributed by atoms with Crippen LogP contribution >= 0.6 is 0 Å². The van der Waals surface area contributed by atoms with Gasteiger partial charge in [0.15, 0.2) is 5.71 Å². The molecule has 1 aliphatic rings. The number of para-hydroxylation sites is 1. The van der Waals surface area contributed by atoms with E-state index in [1.807, 2.05) is 0 Å². The third-order valence-electron chi connectivity index (χ3n) is 4.55. The van der Waals surface area contributed by atoms with E-state index < -0.39 is 23.4 Å². The number of amides is 3. The zero-order valence-corrected chi connectivity index (χ0v) is 16.3. The lowest BCUT2D eigenvalue weighted by Crippen LogP contribution is -2.72. The minimum absolute atomic E-state index is 0.0438. The lowest BCUT2D eigenvalue weighted by molar-refractivity contribution is -0.496. The quantitative estimate of drug-likeness (QED) is 0.189. The Morgan fingerprint density at radius 2 is 1.77 bits per heavy atom. The van der Waals surface area contributed by atoms with Crippen molar-refractivity contribution in [2.45, 2.75) is 25.1 Å². The number of nitrogens with one attached hydrogen (secondary N) is 3. The van der Waals surface area contributed by atoms with Gasteiger partial charge in [-0.05, 0) is 25.0 Å². The first kappa shape index (κ1) is 23.4. The summed E-state index contributed by atoms with van der Waals surface area (Å²) < 4.78 is 38.9. The molecule has 0 aromatic heterocycles. The molecule has 1 fully saturated rings. The van der Waals surface area contributed by atoms with Crippen molar-refractivity contribution < 1.29 is 28.1 Å². The number of piperidine rings is 1. The van der Waals surface area contributed by atoms with E-state index in [2.05, 4.69) is 10.6 Å². The van der Waals surface area contributed by atoms with Crippen LogP contribution in [-0.4, -0.2) is 60.9 Å². The number of hydrogen-bond acceptors (Lipinski definition) is 4. The number of urea groups is 1. The smallest absolute Gasteiger partial charge is 0.350 e. The monoisotopic (exact) mass is 427 g/mol. The van der Waals surface area contributed by atoms with Gasteiger partial charge in [0.1, 0.15) is 17.5 Å². The molecule has 8 nitrogen and oxygen atoms in total. The minimum Gasteiger partial charge on any atom is -0.350 e.